The van der Waals surface area contributed by atoms with E-state index in [0.717, 1.165) is 28.4 Å². The minimum Gasteiger partial charge on any atom is -0.375 e. The zero-order valence-corrected chi connectivity index (χ0v) is 15.5. The Labute approximate surface area is 157 Å². The van der Waals surface area contributed by atoms with Crippen LogP contribution in [-0.4, -0.2) is 46.5 Å². The third-order valence-electron chi connectivity index (χ3n) is 4.94. The normalized spacial score (nSPS) is 18.4. The Morgan fingerprint density at radius 2 is 2.19 bits per heavy atom. The molecular weight excluding hydrogens is 342 g/mol. The lowest BCUT2D eigenvalue weighted by molar-refractivity contribution is -0.125. The average Bonchev–Trinajstić information content (AvgIpc) is 3.14. The number of pyridine rings is 1. The number of amides is 1. The van der Waals surface area contributed by atoms with Crippen molar-refractivity contribution in [1.82, 2.24) is 20.1 Å². The molecule has 140 valence electrons. The first kappa shape index (κ1) is 17.6. The van der Waals surface area contributed by atoms with Crippen LogP contribution in [0.25, 0.3) is 21.9 Å². The number of aromatic nitrogens is 3. The number of nitrogens with zero attached hydrogens (tertiary/aromatic N) is 3. The van der Waals surface area contributed by atoms with Gasteiger partial charge >= 0.3 is 0 Å². The van der Waals surface area contributed by atoms with Gasteiger partial charge in [-0.1, -0.05) is 19.1 Å². The summed E-state index contributed by atoms with van der Waals surface area (Å²) in [4.78, 5) is 16.9. The van der Waals surface area contributed by atoms with E-state index < -0.39 is 0 Å². The van der Waals surface area contributed by atoms with Crippen LogP contribution in [0.5, 0.6) is 0 Å². The SMILES string of the molecule is CC(C(=O)Nc1cc2cc(-c3cnn(C)c3)ccc2cn1)C1CNCCO1. The molecule has 0 radical (unpaired) electrons. The Morgan fingerprint density at radius 1 is 1.30 bits per heavy atom. The van der Waals surface area contributed by atoms with Crippen molar-refractivity contribution in [2.75, 3.05) is 25.0 Å². The first-order chi connectivity index (χ1) is 13.1. The fourth-order valence-electron chi connectivity index (χ4n) is 3.27. The van der Waals surface area contributed by atoms with Gasteiger partial charge in [-0.2, -0.15) is 5.10 Å². The van der Waals surface area contributed by atoms with Crippen molar-refractivity contribution in [3.63, 3.8) is 0 Å². The molecule has 1 saturated heterocycles. The van der Waals surface area contributed by atoms with Gasteiger partial charge in [0.05, 0.1) is 24.8 Å². The van der Waals surface area contributed by atoms with E-state index in [0.29, 0.717) is 19.0 Å². The Balaban J connectivity index is 1.54. The third kappa shape index (κ3) is 3.84. The molecule has 27 heavy (non-hydrogen) atoms. The minimum atomic E-state index is -0.253. The fraction of sp³-hybridized carbons (Fsp3) is 0.350. The summed E-state index contributed by atoms with van der Waals surface area (Å²) in [5, 5.41) is 12.4. The summed E-state index contributed by atoms with van der Waals surface area (Å²) in [7, 11) is 1.90. The number of hydrogen-bond donors (Lipinski definition) is 2. The van der Waals surface area contributed by atoms with E-state index in [4.69, 9.17) is 4.74 Å². The molecule has 7 nitrogen and oxygen atoms in total. The number of carbonyl (C=O) groups is 1. The number of carbonyl (C=O) groups excluding carboxylic acids is 1. The predicted molar refractivity (Wildman–Crippen MR) is 104 cm³/mol. The Morgan fingerprint density at radius 3 is 2.93 bits per heavy atom. The van der Waals surface area contributed by atoms with Gasteiger partial charge in [-0.05, 0) is 23.1 Å². The Hall–Kier alpha value is -2.77. The van der Waals surface area contributed by atoms with E-state index in [9.17, 15) is 4.79 Å². The molecule has 0 saturated carbocycles. The number of rotatable bonds is 4. The van der Waals surface area contributed by atoms with Crippen molar-refractivity contribution in [1.29, 1.82) is 0 Å². The quantitative estimate of drug-likeness (QED) is 0.741. The van der Waals surface area contributed by atoms with Gasteiger partial charge in [0.15, 0.2) is 0 Å². The number of ether oxygens (including phenoxy) is 1. The lowest BCUT2D eigenvalue weighted by atomic mass is 10.0. The zero-order chi connectivity index (χ0) is 18.8. The van der Waals surface area contributed by atoms with Crippen LogP contribution in [0.3, 0.4) is 0 Å². The van der Waals surface area contributed by atoms with Gasteiger partial charge in [-0.3, -0.25) is 9.48 Å². The lowest BCUT2D eigenvalue weighted by Crippen LogP contribution is -2.45. The summed E-state index contributed by atoms with van der Waals surface area (Å²) in [6, 6.07) is 8.07. The molecule has 3 aromatic rings. The summed E-state index contributed by atoms with van der Waals surface area (Å²) >= 11 is 0. The molecule has 2 aromatic heterocycles. The molecular formula is C20H23N5O2. The summed E-state index contributed by atoms with van der Waals surface area (Å²) in [5.41, 5.74) is 2.13. The molecule has 1 fully saturated rings. The summed E-state index contributed by atoms with van der Waals surface area (Å²) < 4.78 is 7.46. The monoisotopic (exact) mass is 365 g/mol. The van der Waals surface area contributed by atoms with Gasteiger partial charge in [-0.25, -0.2) is 4.98 Å². The number of benzene rings is 1. The van der Waals surface area contributed by atoms with Crippen molar-refractivity contribution in [2.24, 2.45) is 13.0 Å². The number of nitrogens with one attached hydrogen (secondary N) is 2. The zero-order valence-electron chi connectivity index (χ0n) is 15.5. The van der Waals surface area contributed by atoms with Crippen molar-refractivity contribution in [3.8, 4) is 11.1 Å². The highest BCUT2D eigenvalue weighted by atomic mass is 16.5. The summed E-state index contributed by atoms with van der Waals surface area (Å²) in [6.45, 7) is 4.03. The second-order valence-corrected chi connectivity index (χ2v) is 6.93. The summed E-state index contributed by atoms with van der Waals surface area (Å²) in [5.74, 6) is 0.211. The number of fused-ring (bicyclic) bond motifs is 1. The molecule has 1 aliphatic heterocycles. The van der Waals surface area contributed by atoms with Crippen LogP contribution in [-0.2, 0) is 16.6 Å². The van der Waals surface area contributed by atoms with Crippen LogP contribution in [0.1, 0.15) is 6.92 Å². The maximum Gasteiger partial charge on any atom is 0.231 e. The topological polar surface area (TPSA) is 81.1 Å². The molecule has 1 amide bonds. The van der Waals surface area contributed by atoms with Crippen molar-refractivity contribution >= 4 is 22.5 Å². The Kier molecular flexibility index (Phi) is 4.87. The molecule has 2 unspecified atom stereocenters. The van der Waals surface area contributed by atoms with Gasteiger partial charge in [0.25, 0.3) is 0 Å². The van der Waals surface area contributed by atoms with Crippen LogP contribution in [0.2, 0.25) is 0 Å². The molecule has 0 bridgehead atoms. The van der Waals surface area contributed by atoms with E-state index in [1.165, 1.54) is 0 Å². The van der Waals surface area contributed by atoms with Crippen LogP contribution in [0.4, 0.5) is 5.82 Å². The van der Waals surface area contributed by atoms with Gasteiger partial charge in [0.1, 0.15) is 5.82 Å². The van der Waals surface area contributed by atoms with Crippen LogP contribution in [0, 0.1) is 5.92 Å². The predicted octanol–water partition coefficient (Wildman–Crippen LogP) is 2.20. The molecule has 3 heterocycles. The lowest BCUT2D eigenvalue weighted by Gasteiger charge is -2.27. The first-order valence-corrected chi connectivity index (χ1v) is 9.12. The molecule has 4 rings (SSSR count). The second kappa shape index (κ2) is 7.46. The number of anilines is 1. The molecule has 1 aliphatic rings. The highest BCUT2D eigenvalue weighted by Crippen LogP contribution is 2.25. The molecule has 2 N–H and O–H groups in total. The molecule has 2 atom stereocenters. The van der Waals surface area contributed by atoms with Gasteiger partial charge in [0, 0.05) is 43.5 Å². The maximum absolute atomic E-state index is 12.6. The average molecular weight is 365 g/mol. The minimum absolute atomic E-state index is 0.0843. The Bertz CT molecular complexity index is 962. The van der Waals surface area contributed by atoms with E-state index in [1.807, 2.05) is 38.5 Å². The van der Waals surface area contributed by atoms with E-state index in [-0.39, 0.29) is 17.9 Å². The van der Waals surface area contributed by atoms with Crippen LogP contribution < -0.4 is 10.6 Å². The van der Waals surface area contributed by atoms with Crippen molar-refractivity contribution in [3.05, 3.63) is 42.9 Å². The molecule has 0 spiro atoms. The van der Waals surface area contributed by atoms with E-state index >= 15 is 0 Å². The first-order valence-electron chi connectivity index (χ1n) is 9.12. The summed E-state index contributed by atoms with van der Waals surface area (Å²) in [6.07, 6.45) is 5.48. The van der Waals surface area contributed by atoms with Gasteiger partial charge < -0.3 is 15.4 Å². The number of morpholine rings is 1. The largest absolute Gasteiger partial charge is 0.375 e. The second-order valence-electron chi connectivity index (χ2n) is 6.93. The molecule has 7 heteroatoms. The number of aryl methyl sites for hydroxylation is 1. The van der Waals surface area contributed by atoms with Crippen molar-refractivity contribution in [2.45, 2.75) is 13.0 Å². The molecule has 1 aromatic carbocycles. The molecule has 0 aliphatic carbocycles. The van der Waals surface area contributed by atoms with Gasteiger partial charge in [0.2, 0.25) is 5.91 Å². The smallest absolute Gasteiger partial charge is 0.231 e. The highest BCUT2D eigenvalue weighted by molar-refractivity contribution is 5.95. The van der Waals surface area contributed by atoms with Crippen molar-refractivity contribution < 1.29 is 9.53 Å². The standard InChI is InChI=1S/C20H23N5O2/c1-13(18-11-21-5-6-27-18)20(26)24-19-8-16-7-14(3-4-15(16)9-22-19)17-10-23-25(2)12-17/h3-4,7-10,12-13,18,21H,5-6,11H2,1-2H3,(H,22,24,26). The maximum atomic E-state index is 12.6. The van der Waals surface area contributed by atoms with E-state index in [1.54, 1.807) is 10.9 Å². The highest BCUT2D eigenvalue weighted by Gasteiger charge is 2.26. The fourth-order valence-corrected chi connectivity index (χ4v) is 3.27. The third-order valence-corrected chi connectivity index (χ3v) is 4.94. The van der Waals surface area contributed by atoms with Gasteiger partial charge in [-0.15, -0.1) is 0 Å². The van der Waals surface area contributed by atoms with Crippen LogP contribution in [0.15, 0.2) is 42.9 Å². The van der Waals surface area contributed by atoms with Crippen LogP contribution >= 0.6 is 0 Å². The number of hydrogen-bond acceptors (Lipinski definition) is 5. The van der Waals surface area contributed by atoms with E-state index in [2.05, 4.69) is 32.8 Å².